The number of nitrogens with one attached hydrogen (secondary N) is 1. The van der Waals surface area contributed by atoms with Crippen LogP contribution in [0.3, 0.4) is 0 Å². The molecule has 0 fully saturated rings. The predicted octanol–water partition coefficient (Wildman–Crippen LogP) is 2.00. The number of rotatable bonds is 6. The number of benzene rings is 1. The zero-order chi connectivity index (χ0) is 16.2. The van der Waals surface area contributed by atoms with E-state index in [9.17, 15) is 9.90 Å². The Labute approximate surface area is 127 Å². The van der Waals surface area contributed by atoms with E-state index in [0.717, 1.165) is 11.3 Å². The highest BCUT2D eigenvalue weighted by atomic mass is 16.3. The van der Waals surface area contributed by atoms with Gasteiger partial charge in [0, 0.05) is 17.9 Å². The van der Waals surface area contributed by atoms with Gasteiger partial charge in [0.25, 0.3) is 0 Å². The summed E-state index contributed by atoms with van der Waals surface area (Å²) in [5.41, 5.74) is 7.26. The number of carbonyl (C=O) groups excluding carboxylic acids is 1. The lowest BCUT2D eigenvalue weighted by Gasteiger charge is -2.32. The summed E-state index contributed by atoms with van der Waals surface area (Å²) in [5.74, 6) is -0.102. The lowest BCUT2D eigenvalue weighted by molar-refractivity contribution is -0.121. The quantitative estimate of drug-likeness (QED) is 0.701. The van der Waals surface area contributed by atoms with Crippen molar-refractivity contribution in [2.75, 3.05) is 24.1 Å². The monoisotopic (exact) mass is 293 g/mol. The molecule has 0 heterocycles. The maximum absolute atomic E-state index is 12.4. The van der Waals surface area contributed by atoms with Gasteiger partial charge in [0.2, 0.25) is 5.91 Å². The molecule has 4 N–H and O–H groups in total. The molecular formula is C16H27N3O2. The van der Waals surface area contributed by atoms with E-state index < -0.39 is 5.60 Å². The number of aliphatic hydroxyl groups is 1. The van der Waals surface area contributed by atoms with Crippen LogP contribution >= 0.6 is 0 Å². The Balaban J connectivity index is 2.80. The molecule has 0 aliphatic rings. The van der Waals surface area contributed by atoms with Crippen LogP contribution in [-0.4, -0.2) is 40.6 Å². The Morgan fingerprint density at radius 3 is 2.62 bits per heavy atom. The maximum atomic E-state index is 12.4. The third kappa shape index (κ3) is 5.02. The van der Waals surface area contributed by atoms with Gasteiger partial charge < -0.3 is 16.2 Å². The Bertz CT molecular complexity index is 495. The van der Waals surface area contributed by atoms with Gasteiger partial charge >= 0.3 is 0 Å². The third-order valence-electron chi connectivity index (χ3n) is 3.56. The first-order valence-corrected chi connectivity index (χ1v) is 7.28. The molecule has 1 amide bonds. The zero-order valence-corrected chi connectivity index (χ0v) is 13.6. The van der Waals surface area contributed by atoms with Gasteiger partial charge in [-0.3, -0.25) is 9.69 Å². The number of anilines is 2. The molecule has 5 heteroatoms. The number of nitrogen functional groups attached to an aromatic ring is 1. The van der Waals surface area contributed by atoms with E-state index >= 15 is 0 Å². The summed E-state index contributed by atoms with van der Waals surface area (Å²) in [4.78, 5) is 14.3. The molecule has 1 rings (SSSR count). The van der Waals surface area contributed by atoms with Crippen molar-refractivity contribution in [2.24, 2.45) is 0 Å². The highest BCUT2D eigenvalue weighted by Crippen LogP contribution is 2.21. The number of amides is 1. The van der Waals surface area contributed by atoms with Crippen molar-refractivity contribution in [3.63, 3.8) is 0 Å². The van der Waals surface area contributed by atoms with E-state index in [-0.39, 0.29) is 11.9 Å². The number of likely N-dealkylation sites (N-methyl/N-ethyl adjacent to an activating group) is 1. The minimum atomic E-state index is -0.836. The molecule has 0 radical (unpaired) electrons. The molecule has 0 saturated carbocycles. The van der Waals surface area contributed by atoms with Crippen LogP contribution in [0.4, 0.5) is 11.4 Å². The fourth-order valence-electron chi connectivity index (χ4n) is 2.21. The van der Waals surface area contributed by atoms with Crippen molar-refractivity contribution >= 4 is 17.3 Å². The molecule has 0 aliphatic carbocycles. The van der Waals surface area contributed by atoms with Crippen LogP contribution in [0.2, 0.25) is 0 Å². The SMILES string of the molecule is CCN(CC(C)(C)O)C(C)C(=O)Nc1cccc(N)c1C. The lowest BCUT2D eigenvalue weighted by Crippen LogP contribution is -2.48. The summed E-state index contributed by atoms with van der Waals surface area (Å²) in [6, 6.07) is 5.13. The van der Waals surface area contributed by atoms with E-state index in [1.165, 1.54) is 0 Å². The number of carbonyl (C=O) groups is 1. The molecular weight excluding hydrogens is 266 g/mol. The van der Waals surface area contributed by atoms with Gasteiger partial charge in [0.05, 0.1) is 11.6 Å². The van der Waals surface area contributed by atoms with E-state index in [0.29, 0.717) is 18.8 Å². The third-order valence-corrected chi connectivity index (χ3v) is 3.56. The second kappa shape index (κ2) is 6.91. The minimum absolute atomic E-state index is 0.102. The maximum Gasteiger partial charge on any atom is 0.241 e. The van der Waals surface area contributed by atoms with Crippen molar-refractivity contribution in [3.05, 3.63) is 23.8 Å². The van der Waals surface area contributed by atoms with Crippen molar-refractivity contribution < 1.29 is 9.90 Å². The number of nitrogens with two attached hydrogens (primary N) is 1. The van der Waals surface area contributed by atoms with Gasteiger partial charge in [-0.05, 0) is 51.9 Å². The Morgan fingerprint density at radius 2 is 2.10 bits per heavy atom. The van der Waals surface area contributed by atoms with Crippen LogP contribution < -0.4 is 11.1 Å². The Hall–Kier alpha value is -1.59. The average Bonchev–Trinajstić information content (AvgIpc) is 2.39. The normalized spacial score (nSPS) is 13.3. The average molecular weight is 293 g/mol. The molecule has 5 nitrogen and oxygen atoms in total. The molecule has 0 saturated heterocycles. The zero-order valence-electron chi connectivity index (χ0n) is 13.6. The standard InChI is InChI=1S/C16H27N3O2/c1-6-19(10-16(4,5)21)12(3)15(20)18-14-9-7-8-13(17)11(14)2/h7-9,12,21H,6,10,17H2,1-5H3,(H,18,20). The van der Waals surface area contributed by atoms with Crippen molar-refractivity contribution in [1.29, 1.82) is 0 Å². The molecule has 1 aromatic rings. The molecule has 0 spiro atoms. The van der Waals surface area contributed by atoms with Gasteiger partial charge in [-0.15, -0.1) is 0 Å². The number of nitrogens with zero attached hydrogens (tertiary/aromatic N) is 1. The number of hydrogen-bond donors (Lipinski definition) is 3. The summed E-state index contributed by atoms with van der Waals surface area (Å²) in [6.07, 6.45) is 0. The summed E-state index contributed by atoms with van der Waals surface area (Å²) in [6.45, 7) is 10.3. The van der Waals surface area contributed by atoms with E-state index in [2.05, 4.69) is 5.32 Å². The molecule has 0 aliphatic heterocycles. The second-order valence-corrected chi connectivity index (χ2v) is 6.06. The van der Waals surface area contributed by atoms with Crippen LogP contribution in [0.1, 0.15) is 33.3 Å². The van der Waals surface area contributed by atoms with Crippen LogP contribution in [0.5, 0.6) is 0 Å². The first-order chi connectivity index (χ1) is 9.65. The van der Waals surface area contributed by atoms with Crippen LogP contribution in [0, 0.1) is 6.92 Å². The van der Waals surface area contributed by atoms with Crippen molar-refractivity contribution in [1.82, 2.24) is 4.90 Å². The Kier molecular flexibility index (Phi) is 5.75. The number of hydrogen-bond acceptors (Lipinski definition) is 4. The molecule has 0 aromatic heterocycles. The van der Waals surface area contributed by atoms with E-state index in [1.807, 2.05) is 37.8 Å². The van der Waals surface area contributed by atoms with Crippen molar-refractivity contribution in [2.45, 2.75) is 46.3 Å². The first kappa shape index (κ1) is 17.5. The summed E-state index contributed by atoms with van der Waals surface area (Å²) >= 11 is 0. The molecule has 21 heavy (non-hydrogen) atoms. The van der Waals surface area contributed by atoms with E-state index in [4.69, 9.17) is 5.73 Å². The van der Waals surface area contributed by atoms with Crippen LogP contribution in [0.15, 0.2) is 18.2 Å². The highest BCUT2D eigenvalue weighted by molar-refractivity contribution is 5.95. The van der Waals surface area contributed by atoms with Crippen LogP contribution in [-0.2, 0) is 4.79 Å². The smallest absolute Gasteiger partial charge is 0.241 e. The van der Waals surface area contributed by atoms with Gasteiger partial charge in [0.15, 0.2) is 0 Å². The lowest BCUT2D eigenvalue weighted by atomic mass is 10.1. The van der Waals surface area contributed by atoms with Crippen LogP contribution in [0.25, 0.3) is 0 Å². The fourth-order valence-corrected chi connectivity index (χ4v) is 2.21. The summed E-state index contributed by atoms with van der Waals surface area (Å²) in [5, 5.41) is 12.8. The van der Waals surface area contributed by atoms with Gasteiger partial charge in [-0.2, -0.15) is 0 Å². The fraction of sp³-hybridized carbons (Fsp3) is 0.562. The summed E-state index contributed by atoms with van der Waals surface area (Å²) < 4.78 is 0. The van der Waals surface area contributed by atoms with Crippen molar-refractivity contribution in [3.8, 4) is 0 Å². The van der Waals surface area contributed by atoms with Gasteiger partial charge in [0.1, 0.15) is 0 Å². The molecule has 0 bridgehead atoms. The first-order valence-electron chi connectivity index (χ1n) is 7.28. The largest absolute Gasteiger partial charge is 0.398 e. The Morgan fingerprint density at radius 1 is 1.48 bits per heavy atom. The predicted molar refractivity (Wildman–Crippen MR) is 87.2 cm³/mol. The van der Waals surface area contributed by atoms with E-state index in [1.54, 1.807) is 19.9 Å². The second-order valence-electron chi connectivity index (χ2n) is 6.06. The molecule has 1 atom stereocenters. The van der Waals surface area contributed by atoms with Gasteiger partial charge in [-0.1, -0.05) is 13.0 Å². The van der Waals surface area contributed by atoms with Gasteiger partial charge in [-0.25, -0.2) is 0 Å². The molecule has 1 aromatic carbocycles. The molecule has 1 unspecified atom stereocenters. The topological polar surface area (TPSA) is 78.6 Å². The summed E-state index contributed by atoms with van der Waals surface area (Å²) in [7, 11) is 0. The molecule has 118 valence electrons. The minimum Gasteiger partial charge on any atom is -0.398 e. The highest BCUT2D eigenvalue weighted by Gasteiger charge is 2.25.